The third kappa shape index (κ3) is 4.20. The van der Waals surface area contributed by atoms with Gasteiger partial charge in [0, 0.05) is 7.11 Å². The summed E-state index contributed by atoms with van der Waals surface area (Å²) in [5.74, 6) is 0. The van der Waals surface area contributed by atoms with Crippen LogP contribution < -0.4 is 0 Å². The zero-order valence-corrected chi connectivity index (χ0v) is 13.1. The highest BCUT2D eigenvalue weighted by Gasteiger charge is 2.20. The van der Waals surface area contributed by atoms with E-state index in [1.807, 2.05) is 12.1 Å². The second-order valence-electron chi connectivity index (χ2n) is 4.73. The molecule has 0 heterocycles. The van der Waals surface area contributed by atoms with Crippen LogP contribution in [-0.2, 0) is 25.1 Å². The third-order valence-corrected chi connectivity index (χ3v) is 6.85. The minimum atomic E-state index is -3.58. The second-order valence-corrected chi connectivity index (χ2v) is 10.9. The van der Waals surface area contributed by atoms with Crippen LogP contribution in [-0.4, -0.2) is 31.0 Å². The largest absolute Gasteiger partial charge is 0.420 e. The molecule has 0 saturated carbocycles. The SMILES string of the molecule is CO[Si](C)(C)CCc1ccc(S(=O)(=O)OC)cc1. The summed E-state index contributed by atoms with van der Waals surface area (Å²) in [6, 6.07) is 7.82. The Morgan fingerprint density at radius 3 is 2.11 bits per heavy atom. The van der Waals surface area contributed by atoms with Gasteiger partial charge in [0.05, 0.1) is 12.0 Å². The van der Waals surface area contributed by atoms with Crippen LogP contribution in [0.5, 0.6) is 0 Å². The first kappa shape index (κ1) is 15.4. The molecule has 1 aromatic carbocycles. The van der Waals surface area contributed by atoms with E-state index in [1.165, 1.54) is 0 Å². The fraction of sp³-hybridized carbons (Fsp3) is 0.500. The zero-order valence-electron chi connectivity index (χ0n) is 11.3. The maximum absolute atomic E-state index is 11.4. The molecule has 0 aliphatic rings. The summed E-state index contributed by atoms with van der Waals surface area (Å²) in [4.78, 5) is 0.192. The summed E-state index contributed by atoms with van der Waals surface area (Å²) in [5.41, 5.74) is 1.11. The van der Waals surface area contributed by atoms with Crippen molar-refractivity contribution in [1.29, 1.82) is 0 Å². The Balaban J connectivity index is 2.73. The summed E-state index contributed by atoms with van der Waals surface area (Å²) >= 11 is 0. The zero-order chi connectivity index (χ0) is 13.8. The van der Waals surface area contributed by atoms with Crippen molar-refractivity contribution in [1.82, 2.24) is 0 Å². The smallest absolute Gasteiger partial charge is 0.296 e. The van der Waals surface area contributed by atoms with Gasteiger partial charge in [-0.05, 0) is 43.3 Å². The van der Waals surface area contributed by atoms with Crippen LogP contribution >= 0.6 is 0 Å². The Morgan fingerprint density at radius 1 is 1.11 bits per heavy atom. The Bertz CT molecular complexity index is 479. The fourth-order valence-electron chi connectivity index (χ4n) is 1.47. The van der Waals surface area contributed by atoms with Crippen molar-refractivity contribution in [2.45, 2.75) is 30.5 Å². The van der Waals surface area contributed by atoms with Gasteiger partial charge in [-0.25, -0.2) is 0 Å². The molecule has 0 spiro atoms. The minimum absolute atomic E-state index is 0.192. The molecule has 0 aromatic heterocycles. The van der Waals surface area contributed by atoms with Crippen LogP contribution in [0.4, 0.5) is 0 Å². The van der Waals surface area contributed by atoms with Gasteiger partial charge in [-0.3, -0.25) is 4.18 Å². The predicted octanol–water partition coefficient (Wildman–Crippen LogP) is 2.42. The average molecular weight is 288 g/mol. The van der Waals surface area contributed by atoms with E-state index < -0.39 is 18.4 Å². The molecule has 0 radical (unpaired) electrons. The summed E-state index contributed by atoms with van der Waals surface area (Å²) in [6.45, 7) is 4.33. The number of hydrogen-bond donors (Lipinski definition) is 0. The standard InChI is InChI=1S/C12H20O4SSi/c1-15-17(13,14)12-7-5-11(6-8-12)9-10-18(3,4)16-2/h5-8H,9-10H2,1-4H3. The molecule has 102 valence electrons. The molecule has 0 saturated heterocycles. The highest BCUT2D eigenvalue weighted by molar-refractivity contribution is 7.86. The molecule has 0 N–H and O–H groups in total. The molecule has 0 aliphatic heterocycles. The third-order valence-electron chi connectivity index (χ3n) is 3.00. The topological polar surface area (TPSA) is 52.6 Å². The van der Waals surface area contributed by atoms with E-state index in [0.717, 1.165) is 25.1 Å². The first-order valence-corrected chi connectivity index (χ1v) is 10.3. The van der Waals surface area contributed by atoms with Crippen LogP contribution in [0.3, 0.4) is 0 Å². The van der Waals surface area contributed by atoms with Gasteiger partial charge in [-0.2, -0.15) is 8.42 Å². The molecule has 0 amide bonds. The van der Waals surface area contributed by atoms with E-state index in [0.29, 0.717) is 0 Å². The molecule has 0 atom stereocenters. The molecular weight excluding hydrogens is 268 g/mol. The molecule has 0 unspecified atom stereocenters. The quantitative estimate of drug-likeness (QED) is 0.596. The van der Waals surface area contributed by atoms with Crippen molar-refractivity contribution in [3.05, 3.63) is 29.8 Å². The normalized spacial score (nSPS) is 12.7. The summed E-state index contributed by atoms with van der Waals surface area (Å²) in [7, 11) is -2.23. The summed E-state index contributed by atoms with van der Waals surface area (Å²) in [6.07, 6.45) is 0.903. The highest BCUT2D eigenvalue weighted by Crippen LogP contribution is 2.17. The van der Waals surface area contributed by atoms with Crippen LogP contribution in [0.25, 0.3) is 0 Å². The Hall–Kier alpha value is -0.693. The number of rotatable bonds is 6. The average Bonchev–Trinajstić information content (AvgIpc) is 2.37. The van der Waals surface area contributed by atoms with E-state index >= 15 is 0 Å². The number of benzene rings is 1. The van der Waals surface area contributed by atoms with Gasteiger partial charge in [0.2, 0.25) is 0 Å². The first-order chi connectivity index (χ1) is 8.30. The van der Waals surface area contributed by atoms with Gasteiger partial charge in [-0.15, -0.1) is 0 Å². The molecular formula is C12H20O4SSi. The molecule has 0 aliphatic carbocycles. The maximum atomic E-state index is 11.4. The second kappa shape index (κ2) is 5.97. The molecule has 1 aromatic rings. The van der Waals surface area contributed by atoms with Gasteiger partial charge in [0.15, 0.2) is 8.32 Å². The van der Waals surface area contributed by atoms with Crippen molar-refractivity contribution in [3.8, 4) is 0 Å². The fourth-order valence-corrected chi connectivity index (χ4v) is 3.22. The Labute approximate surface area is 110 Å². The van der Waals surface area contributed by atoms with E-state index in [4.69, 9.17) is 4.43 Å². The van der Waals surface area contributed by atoms with Crippen molar-refractivity contribution >= 4 is 18.4 Å². The lowest BCUT2D eigenvalue weighted by atomic mass is 10.2. The van der Waals surface area contributed by atoms with Crippen LogP contribution in [0, 0.1) is 0 Å². The van der Waals surface area contributed by atoms with Gasteiger partial charge in [-0.1, -0.05) is 12.1 Å². The Kier molecular flexibility index (Phi) is 5.09. The monoisotopic (exact) mass is 288 g/mol. The van der Waals surface area contributed by atoms with Gasteiger partial charge >= 0.3 is 0 Å². The van der Waals surface area contributed by atoms with Crippen LogP contribution in [0.2, 0.25) is 19.1 Å². The van der Waals surface area contributed by atoms with Crippen LogP contribution in [0.1, 0.15) is 5.56 Å². The molecule has 18 heavy (non-hydrogen) atoms. The van der Waals surface area contributed by atoms with E-state index in [9.17, 15) is 8.42 Å². The molecule has 0 bridgehead atoms. The van der Waals surface area contributed by atoms with E-state index in [2.05, 4.69) is 17.3 Å². The number of hydrogen-bond acceptors (Lipinski definition) is 4. The molecule has 4 nitrogen and oxygen atoms in total. The summed E-state index contributed by atoms with van der Waals surface area (Å²) in [5, 5.41) is 0. The minimum Gasteiger partial charge on any atom is -0.420 e. The lowest BCUT2D eigenvalue weighted by Gasteiger charge is -2.19. The van der Waals surface area contributed by atoms with Crippen molar-refractivity contribution < 1.29 is 17.0 Å². The lowest BCUT2D eigenvalue weighted by molar-refractivity contribution is 0.397. The highest BCUT2D eigenvalue weighted by atomic mass is 32.2. The van der Waals surface area contributed by atoms with Crippen LogP contribution in [0.15, 0.2) is 29.2 Å². The molecule has 0 fully saturated rings. The first-order valence-electron chi connectivity index (χ1n) is 5.75. The lowest BCUT2D eigenvalue weighted by Crippen LogP contribution is -2.28. The van der Waals surface area contributed by atoms with Crippen molar-refractivity contribution in [2.75, 3.05) is 14.2 Å². The maximum Gasteiger partial charge on any atom is 0.296 e. The molecule has 6 heteroatoms. The van der Waals surface area contributed by atoms with Gasteiger partial charge in [0.25, 0.3) is 10.1 Å². The predicted molar refractivity (Wildman–Crippen MR) is 73.6 cm³/mol. The Morgan fingerprint density at radius 2 is 1.67 bits per heavy atom. The van der Waals surface area contributed by atoms with E-state index in [-0.39, 0.29) is 4.90 Å². The van der Waals surface area contributed by atoms with Crippen molar-refractivity contribution in [3.63, 3.8) is 0 Å². The van der Waals surface area contributed by atoms with E-state index in [1.54, 1.807) is 19.2 Å². The number of aryl methyl sites for hydroxylation is 1. The summed E-state index contributed by atoms with van der Waals surface area (Å²) < 4.78 is 32.8. The van der Waals surface area contributed by atoms with Crippen molar-refractivity contribution in [2.24, 2.45) is 0 Å². The van der Waals surface area contributed by atoms with Gasteiger partial charge < -0.3 is 4.43 Å². The van der Waals surface area contributed by atoms with Gasteiger partial charge in [0.1, 0.15) is 0 Å². The molecule has 1 rings (SSSR count).